The molecule has 0 aliphatic heterocycles. The Morgan fingerprint density at radius 3 is 1.51 bits per heavy atom. The van der Waals surface area contributed by atoms with E-state index in [-0.39, 0.29) is 46.0 Å². The number of para-hydroxylation sites is 2. The Hall–Kier alpha value is -6.84. The van der Waals surface area contributed by atoms with Crippen LogP contribution in [0.5, 0.6) is 0 Å². The second-order valence-corrected chi connectivity index (χ2v) is 12.4. The lowest BCUT2D eigenvalue weighted by Crippen LogP contribution is -2.09. The molecule has 0 saturated carbocycles. The zero-order valence-electron chi connectivity index (χ0n) is 35.2. The van der Waals surface area contributed by atoms with Gasteiger partial charge in [-0.3, -0.25) is 0 Å². The van der Waals surface area contributed by atoms with Crippen molar-refractivity contribution in [1.82, 2.24) is 4.57 Å². The van der Waals surface area contributed by atoms with E-state index in [2.05, 4.69) is 77.7 Å². The molecule has 0 aliphatic carbocycles. The minimum absolute atomic E-state index is 0.0253. The van der Waals surface area contributed by atoms with Crippen LogP contribution >= 0.6 is 0 Å². The third-order valence-electron chi connectivity index (χ3n) is 9.46. The molecule has 8 aromatic carbocycles. The number of anilines is 3. The molecule has 3 heteroatoms. The van der Waals surface area contributed by atoms with Crippen molar-refractivity contribution >= 4 is 60.8 Å². The van der Waals surface area contributed by atoms with Gasteiger partial charge >= 0.3 is 0 Å². The van der Waals surface area contributed by atoms with E-state index < -0.39 is 24.2 Å². The lowest BCUT2D eigenvalue weighted by atomic mass is 10.0. The highest BCUT2D eigenvalue weighted by Crippen LogP contribution is 2.42. The zero-order valence-corrected chi connectivity index (χ0v) is 27.2. The van der Waals surface area contributed by atoms with Gasteiger partial charge in [0.05, 0.1) is 33.1 Å². The van der Waals surface area contributed by atoms with Crippen molar-refractivity contribution in [2.45, 2.75) is 0 Å². The smallest absolute Gasteiger partial charge is 0.137 e. The molecule has 240 valence electrons. The molecule has 0 atom stereocenters. The van der Waals surface area contributed by atoms with E-state index in [4.69, 9.17) is 15.4 Å². The molecule has 0 unspecified atom stereocenters. The van der Waals surface area contributed by atoms with E-state index in [1.807, 2.05) is 60.7 Å². The van der Waals surface area contributed by atoms with Crippen molar-refractivity contribution in [3.63, 3.8) is 0 Å². The molecule has 0 spiro atoms. The van der Waals surface area contributed by atoms with Crippen LogP contribution in [0.3, 0.4) is 0 Å². The fourth-order valence-corrected chi connectivity index (χ4v) is 7.10. The summed E-state index contributed by atoms with van der Waals surface area (Å²) in [6, 6.07) is 45.2. The van der Waals surface area contributed by atoms with E-state index in [1.165, 1.54) is 0 Å². The normalized spacial score (nSPS) is 13.7. The van der Waals surface area contributed by atoms with Crippen LogP contribution < -0.4 is 4.90 Å². The Morgan fingerprint density at radius 1 is 0.431 bits per heavy atom. The van der Waals surface area contributed by atoms with Gasteiger partial charge in [-0.15, -0.1) is 0 Å². The lowest BCUT2D eigenvalue weighted by Gasteiger charge is -2.26. The highest BCUT2D eigenvalue weighted by atomic mass is 16.3. The first kappa shape index (κ1) is 22.0. The van der Waals surface area contributed by atoms with Crippen molar-refractivity contribution in [2.75, 3.05) is 4.90 Å². The molecule has 0 fully saturated rings. The maximum atomic E-state index is 9.04. The predicted molar refractivity (Wildman–Crippen MR) is 214 cm³/mol. The molecule has 2 aromatic heterocycles. The highest BCUT2D eigenvalue weighted by Gasteiger charge is 2.20. The third-order valence-corrected chi connectivity index (χ3v) is 9.46. The number of fused-ring (bicyclic) bond motifs is 6. The minimum atomic E-state index is -0.484. The van der Waals surface area contributed by atoms with Crippen molar-refractivity contribution in [3.05, 3.63) is 194 Å². The maximum Gasteiger partial charge on any atom is 0.137 e. The van der Waals surface area contributed by atoms with Gasteiger partial charge in [0.2, 0.25) is 0 Å². The van der Waals surface area contributed by atoms with Gasteiger partial charge in [-0.25, -0.2) is 0 Å². The summed E-state index contributed by atoms with van der Waals surface area (Å²) in [7, 11) is 0. The van der Waals surface area contributed by atoms with Crippen LogP contribution in [0.4, 0.5) is 17.1 Å². The van der Waals surface area contributed by atoms with Crippen LogP contribution in [0, 0.1) is 0 Å². The second-order valence-electron chi connectivity index (χ2n) is 12.4. The first-order chi connectivity index (χ1) is 28.6. The molecule has 0 aliphatic rings. The summed E-state index contributed by atoms with van der Waals surface area (Å²) >= 11 is 0. The van der Waals surface area contributed by atoms with Gasteiger partial charge in [0.25, 0.3) is 0 Å². The number of rotatable bonds is 6. The molecule has 0 bridgehead atoms. The predicted octanol–water partition coefficient (Wildman–Crippen LogP) is 13.5. The Labute approximate surface area is 307 Å². The first-order valence-electron chi connectivity index (χ1n) is 20.7. The van der Waals surface area contributed by atoms with Crippen molar-refractivity contribution in [3.8, 4) is 27.9 Å². The van der Waals surface area contributed by atoms with E-state index in [1.54, 1.807) is 16.7 Å². The molecule has 2 heterocycles. The quantitative estimate of drug-likeness (QED) is 0.177. The molecule has 10 aromatic rings. The van der Waals surface area contributed by atoms with E-state index in [9.17, 15) is 0 Å². The van der Waals surface area contributed by atoms with Crippen molar-refractivity contribution < 1.29 is 15.4 Å². The lowest BCUT2D eigenvalue weighted by molar-refractivity contribution is 0.669. The Bertz CT molecular complexity index is 3130. The molecular weight excluding hydrogens is 621 g/mol. The second kappa shape index (κ2) is 11.9. The third kappa shape index (κ3) is 4.90. The average Bonchev–Trinajstić information content (AvgIpc) is 3.84. The summed E-state index contributed by atoms with van der Waals surface area (Å²) in [5, 5.41) is 1.39. The molecule has 10 rings (SSSR count). The van der Waals surface area contributed by atoms with E-state index in [0.29, 0.717) is 22.2 Å². The van der Waals surface area contributed by atoms with Gasteiger partial charge in [-0.2, -0.15) is 0 Å². The molecule has 0 amide bonds. The number of aromatic nitrogens is 1. The van der Waals surface area contributed by atoms with Crippen LogP contribution in [-0.4, -0.2) is 4.57 Å². The first-order valence-corrected chi connectivity index (χ1v) is 16.7. The largest absolute Gasteiger partial charge is 0.456 e. The van der Waals surface area contributed by atoms with Gasteiger partial charge in [-0.05, 0) is 82.9 Å². The number of furan rings is 1. The van der Waals surface area contributed by atoms with Gasteiger partial charge < -0.3 is 13.9 Å². The van der Waals surface area contributed by atoms with Crippen molar-refractivity contribution in [2.24, 2.45) is 0 Å². The van der Waals surface area contributed by atoms with Crippen LogP contribution in [-0.2, 0) is 0 Å². The molecule has 51 heavy (non-hydrogen) atoms. The molecule has 0 radical (unpaired) electrons. The monoisotopic (exact) mass is 660 g/mol. The Balaban J connectivity index is 1.19. The van der Waals surface area contributed by atoms with Crippen LogP contribution in [0.1, 0.15) is 11.0 Å². The summed E-state index contributed by atoms with van der Waals surface area (Å²) in [6.45, 7) is 0. The van der Waals surface area contributed by atoms with Gasteiger partial charge in [-0.1, -0.05) is 127 Å². The van der Waals surface area contributed by atoms with Crippen LogP contribution in [0.2, 0.25) is 0 Å². The number of hydrogen-bond acceptors (Lipinski definition) is 2. The number of hydrogen-bond donors (Lipinski definition) is 0. The molecule has 0 N–H and O–H groups in total. The fraction of sp³-hybridized carbons (Fsp3) is 0. The van der Waals surface area contributed by atoms with E-state index in [0.717, 1.165) is 44.7 Å². The SMILES string of the molecule is [2H]c1c([2H])c([2H])c2c(c1[2H])c1c([2H])c([2H])c([2H])c([2H])c1n2-c1cccc2oc3cc(N(c4ccc(-c5ccccc5)cc4)c4ccc(-c5ccccc5)cc4)ccc3c12. The molecular formula is C48H32N2O. The van der Waals surface area contributed by atoms with E-state index >= 15 is 0 Å². The topological polar surface area (TPSA) is 21.3 Å². The van der Waals surface area contributed by atoms with Gasteiger partial charge in [0.1, 0.15) is 11.2 Å². The Kier molecular flexibility index (Phi) is 5.15. The van der Waals surface area contributed by atoms with Crippen LogP contribution in [0.25, 0.3) is 71.7 Å². The zero-order chi connectivity index (χ0) is 40.7. The maximum absolute atomic E-state index is 9.04. The van der Waals surface area contributed by atoms with Gasteiger partial charge in [0, 0.05) is 39.3 Å². The Morgan fingerprint density at radius 2 is 0.941 bits per heavy atom. The number of nitrogens with zero attached hydrogens (tertiary/aromatic N) is 2. The molecule has 3 nitrogen and oxygen atoms in total. The summed E-state index contributed by atoms with van der Waals surface area (Å²) in [5.74, 6) is 0. The summed E-state index contributed by atoms with van der Waals surface area (Å²) in [5.41, 5.74) is 8.73. The number of benzene rings is 8. The average molecular weight is 661 g/mol. The standard InChI is InChI=1S/C48H32N2O/c1-3-12-33(13-4-1)35-22-26-37(27-23-35)49(38-28-24-36(25-29-38)34-14-5-2-6-15-34)39-30-31-42-47(32-39)51-46-21-11-20-45(48(42)46)50-43-18-9-7-16-40(43)41-17-8-10-19-44(41)50/h1-32H/i7D,8D,9D,10D,16D,17D,18D,19D. The summed E-state index contributed by atoms with van der Waals surface area (Å²) < 4.78 is 78.0. The highest BCUT2D eigenvalue weighted by molar-refractivity contribution is 6.14. The fourth-order valence-electron chi connectivity index (χ4n) is 7.10. The summed E-state index contributed by atoms with van der Waals surface area (Å²) in [4.78, 5) is 2.16. The minimum Gasteiger partial charge on any atom is -0.456 e. The summed E-state index contributed by atoms with van der Waals surface area (Å²) in [6.07, 6.45) is 0. The molecule has 0 saturated heterocycles. The van der Waals surface area contributed by atoms with Gasteiger partial charge in [0.15, 0.2) is 0 Å². The van der Waals surface area contributed by atoms with Crippen LogP contribution in [0.15, 0.2) is 198 Å². The van der Waals surface area contributed by atoms with Crippen molar-refractivity contribution in [1.29, 1.82) is 0 Å².